The zero-order chi connectivity index (χ0) is 13.3. The van der Waals surface area contributed by atoms with Crippen LogP contribution in [0.2, 0.25) is 0 Å². The number of carboxylic acids is 1. The Morgan fingerprint density at radius 2 is 2.22 bits per heavy atom. The first-order valence-electron chi connectivity index (χ1n) is 5.58. The largest absolute Gasteiger partial charge is 0.477 e. The van der Waals surface area contributed by atoms with Gasteiger partial charge in [-0.15, -0.1) is 11.3 Å². The van der Waals surface area contributed by atoms with Crippen molar-refractivity contribution >= 4 is 35.0 Å². The summed E-state index contributed by atoms with van der Waals surface area (Å²) in [5, 5.41) is 8.91. The van der Waals surface area contributed by atoms with Crippen LogP contribution in [0.15, 0.2) is 4.34 Å². The van der Waals surface area contributed by atoms with E-state index in [0.717, 1.165) is 24.2 Å². The van der Waals surface area contributed by atoms with Gasteiger partial charge in [-0.2, -0.15) is 0 Å². The van der Waals surface area contributed by atoms with Gasteiger partial charge in [0.15, 0.2) is 4.34 Å². The van der Waals surface area contributed by atoms with Crippen molar-refractivity contribution < 1.29 is 14.7 Å². The standard InChI is InChI=1S/C11H14N2O3S2/c1-6-9(10(15)16)18-11(12-6)17-5-8(14)13(2)7-3-4-7/h7H,3-5H2,1-2H3,(H,15,16). The van der Waals surface area contributed by atoms with Crippen molar-refractivity contribution in [1.82, 2.24) is 9.88 Å². The Bertz CT molecular complexity index is 483. The summed E-state index contributed by atoms with van der Waals surface area (Å²) in [4.78, 5) is 28.8. The molecule has 0 aromatic carbocycles. The van der Waals surface area contributed by atoms with Gasteiger partial charge in [-0.05, 0) is 19.8 Å². The first-order chi connectivity index (χ1) is 8.49. The molecule has 1 aromatic rings. The number of nitrogens with zero attached hydrogens (tertiary/aromatic N) is 2. The molecule has 0 atom stereocenters. The molecular formula is C11H14N2O3S2. The maximum Gasteiger partial charge on any atom is 0.347 e. The van der Waals surface area contributed by atoms with Crippen LogP contribution in [-0.2, 0) is 4.79 Å². The molecule has 1 amide bonds. The lowest BCUT2D eigenvalue weighted by Gasteiger charge is -2.15. The third-order valence-corrected chi connectivity index (χ3v) is 5.05. The number of amides is 1. The number of aryl methyl sites for hydroxylation is 1. The van der Waals surface area contributed by atoms with E-state index in [2.05, 4.69) is 4.98 Å². The summed E-state index contributed by atoms with van der Waals surface area (Å²) in [6.07, 6.45) is 2.18. The average Bonchev–Trinajstić information content (AvgIpc) is 3.09. The Labute approximate surface area is 113 Å². The number of aromatic nitrogens is 1. The molecule has 5 nitrogen and oxygen atoms in total. The first kappa shape index (κ1) is 13.4. The molecule has 7 heteroatoms. The Hall–Kier alpha value is -1.08. The van der Waals surface area contributed by atoms with Gasteiger partial charge in [-0.1, -0.05) is 11.8 Å². The van der Waals surface area contributed by atoms with Crippen LogP contribution in [0.25, 0.3) is 0 Å². The molecule has 0 radical (unpaired) electrons. The maximum absolute atomic E-state index is 11.8. The lowest BCUT2D eigenvalue weighted by atomic mass is 10.4. The summed E-state index contributed by atoms with van der Waals surface area (Å²) in [5.74, 6) is -0.565. The minimum absolute atomic E-state index is 0.0761. The molecule has 98 valence electrons. The Morgan fingerprint density at radius 1 is 1.56 bits per heavy atom. The Kier molecular flexibility index (Phi) is 3.91. The number of hydrogen-bond donors (Lipinski definition) is 1. The molecule has 0 saturated heterocycles. The minimum Gasteiger partial charge on any atom is -0.477 e. The van der Waals surface area contributed by atoms with Gasteiger partial charge in [0, 0.05) is 13.1 Å². The highest BCUT2D eigenvalue weighted by Gasteiger charge is 2.29. The average molecular weight is 286 g/mol. The summed E-state index contributed by atoms with van der Waals surface area (Å²) >= 11 is 2.43. The van der Waals surface area contributed by atoms with Crippen LogP contribution >= 0.6 is 23.1 Å². The van der Waals surface area contributed by atoms with Gasteiger partial charge in [0.2, 0.25) is 5.91 Å². The number of thioether (sulfide) groups is 1. The van der Waals surface area contributed by atoms with Gasteiger partial charge in [0.1, 0.15) is 4.88 Å². The second-order valence-electron chi connectivity index (χ2n) is 4.22. The molecule has 1 saturated carbocycles. The Morgan fingerprint density at radius 3 is 2.72 bits per heavy atom. The molecule has 2 rings (SSSR count). The molecular weight excluding hydrogens is 272 g/mol. The minimum atomic E-state index is -0.960. The van der Waals surface area contributed by atoms with Gasteiger partial charge in [-0.25, -0.2) is 9.78 Å². The summed E-state index contributed by atoms with van der Waals surface area (Å²) in [6.45, 7) is 1.67. The van der Waals surface area contributed by atoms with Crippen molar-refractivity contribution in [2.75, 3.05) is 12.8 Å². The van der Waals surface area contributed by atoms with E-state index in [0.29, 0.717) is 21.8 Å². The predicted molar refractivity (Wildman–Crippen MR) is 70.3 cm³/mol. The SMILES string of the molecule is Cc1nc(SCC(=O)N(C)C2CC2)sc1C(=O)O. The van der Waals surface area contributed by atoms with Gasteiger partial charge in [0.25, 0.3) is 0 Å². The van der Waals surface area contributed by atoms with Crippen LogP contribution in [0.1, 0.15) is 28.2 Å². The van der Waals surface area contributed by atoms with E-state index in [1.165, 1.54) is 11.8 Å². The van der Waals surface area contributed by atoms with Crippen molar-refractivity contribution in [3.63, 3.8) is 0 Å². The number of carboxylic acid groups (broad SMARTS) is 1. The van der Waals surface area contributed by atoms with E-state index in [1.54, 1.807) is 11.8 Å². The van der Waals surface area contributed by atoms with E-state index in [1.807, 2.05) is 7.05 Å². The smallest absolute Gasteiger partial charge is 0.347 e. The molecule has 0 spiro atoms. The zero-order valence-corrected chi connectivity index (χ0v) is 11.8. The molecule has 1 heterocycles. The molecule has 0 unspecified atom stereocenters. The van der Waals surface area contributed by atoms with E-state index in [9.17, 15) is 9.59 Å². The zero-order valence-electron chi connectivity index (χ0n) is 10.2. The quantitative estimate of drug-likeness (QED) is 0.837. The van der Waals surface area contributed by atoms with Crippen molar-refractivity contribution in [1.29, 1.82) is 0 Å². The van der Waals surface area contributed by atoms with Crippen LogP contribution in [0.4, 0.5) is 0 Å². The summed E-state index contributed by atoms with van der Waals surface area (Å²) in [6, 6.07) is 0.408. The normalized spacial score (nSPS) is 14.6. The molecule has 1 aliphatic carbocycles. The third kappa shape index (κ3) is 3.02. The fourth-order valence-electron chi connectivity index (χ4n) is 1.52. The van der Waals surface area contributed by atoms with E-state index >= 15 is 0 Å². The van der Waals surface area contributed by atoms with Crippen LogP contribution in [0.5, 0.6) is 0 Å². The third-order valence-electron chi connectivity index (χ3n) is 2.78. The fraction of sp³-hybridized carbons (Fsp3) is 0.545. The first-order valence-corrected chi connectivity index (χ1v) is 7.38. The number of carbonyl (C=O) groups is 2. The number of aromatic carboxylic acids is 1. The van der Waals surface area contributed by atoms with Crippen molar-refractivity contribution in [3.05, 3.63) is 10.6 Å². The topological polar surface area (TPSA) is 70.5 Å². The van der Waals surface area contributed by atoms with Gasteiger partial charge in [0.05, 0.1) is 11.4 Å². The summed E-state index contributed by atoms with van der Waals surface area (Å²) < 4.78 is 0.641. The second kappa shape index (κ2) is 5.27. The lowest BCUT2D eigenvalue weighted by Crippen LogP contribution is -2.30. The molecule has 1 aromatic heterocycles. The highest BCUT2D eigenvalue weighted by molar-refractivity contribution is 8.01. The van der Waals surface area contributed by atoms with Crippen LogP contribution in [0.3, 0.4) is 0 Å². The van der Waals surface area contributed by atoms with Crippen LogP contribution in [0, 0.1) is 6.92 Å². The van der Waals surface area contributed by atoms with Crippen molar-refractivity contribution in [2.45, 2.75) is 30.1 Å². The number of rotatable bonds is 5. The van der Waals surface area contributed by atoms with Crippen LogP contribution in [-0.4, -0.2) is 45.7 Å². The monoisotopic (exact) mass is 286 g/mol. The number of carbonyl (C=O) groups excluding carboxylic acids is 1. The van der Waals surface area contributed by atoms with Gasteiger partial charge in [-0.3, -0.25) is 4.79 Å². The molecule has 1 N–H and O–H groups in total. The molecule has 0 bridgehead atoms. The van der Waals surface area contributed by atoms with Crippen molar-refractivity contribution in [2.24, 2.45) is 0 Å². The Balaban J connectivity index is 1.91. The number of thiazole rings is 1. The van der Waals surface area contributed by atoms with E-state index in [4.69, 9.17) is 5.11 Å². The number of hydrogen-bond acceptors (Lipinski definition) is 5. The molecule has 18 heavy (non-hydrogen) atoms. The summed E-state index contributed by atoms with van der Waals surface area (Å²) in [7, 11) is 1.82. The molecule has 1 fully saturated rings. The van der Waals surface area contributed by atoms with Gasteiger partial charge < -0.3 is 10.0 Å². The highest BCUT2D eigenvalue weighted by Crippen LogP contribution is 2.29. The molecule has 0 aliphatic heterocycles. The fourth-order valence-corrected chi connectivity index (χ4v) is 3.47. The van der Waals surface area contributed by atoms with E-state index in [-0.39, 0.29) is 10.8 Å². The summed E-state index contributed by atoms with van der Waals surface area (Å²) in [5.41, 5.74) is 0.512. The van der Waals surface area contributed by atoms with E-state index < -0.39 is 5.97 Å². The van der Waals surface area contributed by atoms with Crippen molar-refractivity contribution in [3.8, 4) is 0 Å². The predicted octanol–water partition coefficient (Wildman–Crippen LogP) is 1.86. The highest BCUT2D eigenvalue weighted by atomic mass is 32.2. The maximum atomic E-state index is 11.8. The lowest BCUT2D eigenvalue weighted by molar-refractivity contribution is -0.127. The van der Waals surface area contributed by atoms with Crippen LogP contribution < -0.4 is 0 Å². The second-order valence-corrected chi connectivity index (χ2v) is 6.45. The molecule has 1 aliphatic rings. The van der Waals surface area contributed by atoms with Gasteiger partial charge >= 0.3 is 5.97 Å².